The summed E-state index contributed by atoms with van der Waals surface area (Å²) in [6.07, 6.45) is 2.52. The van der Waals surface area contributed by atoms with Gasteiger partial charge in [0.15, 0.2) is 0 Å². The van der Waals surface area contributed by atoms with Crippen molar-refractivity contribution in [2.75, 3.05) is 19.7 Å². The number of fused-ring (bicyclic) bond motifs is 1. The lowest BCUT2D eigenvalue weighted by molar-refractivity contribution is 0.0875. The molecule has 0 aliphatic heterocycles. The van der Waals surface area contributed by atoms with Gasteiger partial charge in [0, 0.05) is 18.5 Å². The first-order chi connectivity index (χ1) is 12.4. The summed E-state index contributed by atoms with van der Waals surface area (Å²) in [5.74, 6) is 0.628. The van der Waals surface area contributed by atoms with Crippen LogP contribution in [-0.4, -0.2) is 48.2 Å². The summed E-state index contributed by atoms with van der Waals surface area (Å²) in [4.78, 5) is 0. The summed E-state index contributed by atoms with van der Waals surface area (Å²) in [7, 11) is -4.35. The van der Waals surface area contributed by atoms with Crippen molar-refractivity contribution in [3.63, 3.8) is 0 Å². The van der Waals surface area contributed by atoms with Crippen molar-refractivity contribution in [2.24, 2.45) is 0 Å². The van der Waals surface area contributed by atoms with Crippen molar-refractivity contribution in [1.29, 1.82) is 0 Å². The minimum absolute atomic E-state index is 0.0605. The number of aliphatic hydroxyl groups is 1. The smallest absolute Gasteiger partial charge is 0.335 e. The highest BCUT2D eigenvalue weighted by Crippen LogP contribution is 2.25. The van der Waals surface area contributed by atoms with E-state index in [2.05, 4.69) is 6.92 Å². The van der Waals surface area contributed by atoms with Crippen LogP contribution in [0.5, 0.6) is 5.75 Å². The van der Waals surface area contributed by atoms with E-state index in [0.29, 0.717) is 12.2 Å². The zero-order valence-electron chi connectivity index (χ0n) is 15.0. The molecule has 0 fully saturated rings. The van der Waals surface area contributed by atoms with E-state index in [9.17, 15) is 18.1 Å². The van der Waals surface area contributed by atoms with Gasteiger partial charge in [-0.1, -0.05) is 62.6 Å². The number of benzene rings is 2. The lowest BCUT2D eigenvalue weighted by atomic mass is 10.1. The van der Waals surface area contributed by atoms with E-state index >= 15 is 0 Å². The Morgan fingerprint density at radius 3 is 2.54 bits per heavy atom. The minimum atomic E-state index is -4.35. The lowest BCUT2D eigenvalue weighted by Crippen LogP contribution is -2.40. The number of hydrogen-bond acceptors (Lipinski definition) is 4. The first-order valence-electron chi connectivity index (χ1n) is 8.93. The van der Waals surface area contributed by atoms with Gasteiger partial charge >= 0.3 is 10.3 Å². The molecule has 0 aliphatic carbocycles. The number of aliphatic hydroxyl groups excluding tert-OH is 1. The van der Waals surface area contributed by atoms with Gasteiger partial charge in [0.25, 0.3) is 0 Å². The zero-order chi connectivity index (χ0) is 19.0. The first kappa shape index (κ1) is 20.6. The largest absolute Gasteiger partial charge is 0.490 e. The highest BCUT2D eigenvalue weighted by atomic mass is 32.2. The predicted molar refractivity (Wildman–Crippen MR) is 103 cm³/mol. The van der Waals surface area contributed by atoms with Gasteiger partial charge in [-0.25, -0.2) is 0 Å². The maximum atomic E-state index is 11.5. The molecule has 0 unspecified atom stereocenters. The molecule has 0 spiro atoms. The van der Waals surface area contributed by atoms with Crippen LogP contribution in [-0.2, 0) is 10.3 Å². The molecular formula is C19H27NO5S. The summed E-state index contributed by atoms with van der Waals surface area (Å²) < 4.78 is 39.0. The molecule has 0 aromatic heterocycles. The molecule has 6 nitrogen and oxygen atoms in total. The molecule has 0 bridgehead atoms. The normalized spacial score (nSPS) is 13.2. The second-order valence-corrected chi connectivity index (χ2v) is 7.75. The molecule has 2 aromatic carbocycles. The van der Waals surface area contributed by atoms with Gasteiger partial charge in [0.05, 0.1) is 0 Å². The highest BCUT2D eigenvalue weighted by molar-refractivity contribution is 7.83. The lowest BCUT2D eigenvalue weighted by Gasteiger charge is -2.22. The Morgan fingerprint density at radius 1 is 1.08 bits per heavy atom. The van der Waals surface area contributed by atoms with Crippen LogP contribution in [0.4, 0.5) is 0 Å². The van der Waals surface area contributed by atoms with Gasteiger partial charge in [0.1, 0.15) is 18.5 Å². The summed E-state index contributed by atoms with van der Waals surface area (Å²) in [6.45, 7) is 1.99. The van der Waals surface area contributed by atoms with E-state index in [1.54, 1.807) is 6.07 Å². The third-order valence-electron chi connectivity index (χ3n) is 4.18. The van der Waals surface area contributed by atoms with Crippen molar-refractivity contribution in [2.45, 2.75) is 38.7 Å². The number of ether oxygens (including phenoxy) is 1. The standard InChI is InChI=1S/C19H27NO5S/c1-2-3-4-7-13-20(26(22,23)24)14-17(21)15-25-19-12-8-10-16-9-5-6-11-18(16)19/h5-6,8-12,17,21H,2-4,7,13-15H2,1H3,(H,22,23,24)/t17-/m1/s1. The van der Waals surface area contributed by atoms with Crippen LogP contribution < -0.4 is 4.74 Å². The molecule has 2 N–H and O–H groups in total. The van der Waals surface area contributed by atoms with Crippen LogP contribution >= 0.6 is 0 Å². The summed E-state index contributed by atoms with van der Waals surface area (Å²) in [5.41, 5.74) is 0. The Labute approximate surface area is 155 Å². The van der Waals surface area contributed by atoms with Crippen molar-refractivity contribution in [3.05, 3.63) is 42.5 Å². The Balaban J connectivity index is 1.93. The number of unbranched alkanes of at least 4 members (excludes halogenated alkanes) is 3. The molecule has 144 valence electrons. The molecule has 0 heterocycles. The van der Waals surface area contributed by atoms with Crippen molar-refractivity contribution < 1.29 is 22.8 Å². The Morgan fingerprint density at radius 2 is 1.81 bits per heavy atom. The number of rotatable bonds is 11. The molecule has 1 atom stereocenters. The second kappa shape index (κ2) is 9.87. The fourth-order valence-electron chi connectivity index (χ4n) is 2.81. The first-order valence-corrected chi connectivity index (χ1v) is 10.3. The third kappa shape index (κ3) is 6.25. The van der Waals surface area contributed by atoms with E-state index in [0.717, 1.165) is 34.3 Å². The van der Waals surface area contributed by atoms with E-state index in [4.69, 9.17) is 4.74 Å². The van der Waals surface area contributed by atoms with Crippen LogP contribution in [0.2, 0.25) is 0 Å². The van der Waals surface area contributed by atoms with Crippen LogP contribution in [0.1, 0.15) is 32.6 Å². The van der Waals surface area contributed by atoms with Crippen LogP contribution in [0.25, 0.3) is 10.8 Å². The molecule has 0 saturated carbocycles. The van der Waals surface area contributed by atoms with Crippen LogP contribution in [0, 0.1) is 0 Å². The molecular weight excluding hydrogens is 354 g/mol. The van der Waals surface area contributed by atoms with E-state index in [-0.39, 0.29) is 19.7 Å². The monoisotopic (exact) mass is 381 g/mol. The SMILES string of the molecule is CCCCCCN(C[C@@H](O)COc1cccc2ccccc12)S(=O)(=O)O. The summed E-state index contributed by atoms with van der Waals surface area (Å²) in [6, 6.07) is 13.4. The molecule has 2 aromatic rings. The Kier molecular flexibility index (Phi) is 7.84. The third-order valence-corrected chi connectivity index (χ3v) is 5.17. The fraction of sp³-hybridized carbons (Fsp3) is 0.474. The summed E-state index contributed by atoms with van der Waals surface area (Å²) >= 11 is 0. The van der Waals surface area contributed by atoms with Gasteiger partial charge in [-0.2, -0.15) is 12.7 Å². The maximum Gasteiger partial charge on any atom is 0.335 e. The highest BCUT2D eigenvalue weighted by Gasteiger charge is 2.22. The van der Waals surface area contributed by atoms with Crippen LogP contribution in [0.3, 0.4) is 0 Å². The average Bonchev–Trinajstić information content (AvgIpc) is 2.61. The van der Waals surface area contributed by atoms with Gasteiger partial charge in [-0.15, -0.1) is 0 Å². The Hall–Kier alpha value is -1.67. The van der Waals surface area contributed by atoms with E-state index in [1.807, 2.05) is 36.4 Å². The Bertz CT molecular complexity index is 788. The second-order valence-electron chi connectivity index (χ2n) is 6.34. The van der Waals surface area contributed by atoms with Gasteiger partial charge in [-0.05, 0) is 17.9 Å². The van der Waals surface area contributed by atoms with Gasteiger partial charge in [0.2, 0.25) is 0 Å². The average molecular weight is 381 g/mol. The number of nitrogens with zero attached hydrogens (tertiary/aromatic N) is 1. The molecule has 26 heavy (non-hydrogen) atoms. The maximum absolute atomic E-state index is 11.5. The van der Waals surface area contributed by atoms with Crippen molar-refractivity contribution >= 4 is 21.1 Å². The predicted octanol–water partition coefficient (Wildman–Crippen LogP) is 3.26. The van der Waals surface area contributed by atoms with Gasteiger partial charge < -0.3 is 9.84 Å². The van der Waals surface area contributed by atoms with E-state index < -0.39 is 16.4 Å². The number of hydrogen-bond donors (Lipinski definition) is 2. The molecule has 0 aliphatic rings. The van der Waals surface area contributed by atoms with Crippen molar-refractivity contribution in [1.82, 2.24) is 4.31 Å². The fourth-order valence-corrected chi connectivity index (χ4v) is 3.53. The molecule has 0 radical (unpaired) electrons. The molecule has 0 saturated heterocycles. The summed E-state index contributed by atoms with van der Waals surface area (Å²) in [5, 5.41) is 12.1. The zero-order valence-corrected chi connectivity index (χ0v) is 15.9. The topological polar surface area (TPSA) is 87.1 Å². The van der Waals surface area contributed by atoms with Crippen LogP contribution in [0.15, 0.2) is 42.5 Å². The van der Waals surface area contributed by atoms with Gasteiger partial charge in [-0.3, -0.25) is 4.55 Å². The van der Waals surface area contributed by atoms with Crippen molar-refractivity contribution in [3.8, 4) is 5.75 Å². The molecule has 7 heteroatoms. The quantitative estimate of drug-likeness (QED) is 0.461. The molecule has 2 rings (SSSR count). The molecule has 0 amide bonds. The minimum Gasteiger partial charge on any atom is -0.490 e. The van der Waals surface area contributed by atoms with E-state index in [1.165, 1.54) is 0 Å².